The molecule has 0 bridgehead atoms. The summed E-state index contributed by atoms with van der Waals surface area (Å²) >= 11 is 0. The van der Waals surface area contributed by atoms with Crippen molar-refractivity contribution in [1.82, 2.24) is 16.0 Å². The first-order valence-electron chi connectivity index (χ1n) is 13.7. The first-order valence-corrected chi connectivity index (χ1v) is 13.7. The van der Waals surface area contributed by atoms with Gasteiger partial charge in [0.2, 0.25) is 12.7 Å². The molecule has 14 nitrogen and oxygen atoms in total. The molecule has 14 heteroatoms. The highest BCUT2D eigenvalue weighted by Crippen LogP contribution is 2.32. The number of carbonyl (C=O) groups excluding carboxylic acids is 1. The summed E-state index contributed by atoms with van der Waals surface area (Å²) in [4.78, 5) is 11.3. The van der Waals surface area contributed by atoms with Gasteiger partial charge in [-0.3, -0.25) is 4.79 Å². The zero-order valence-corrected chi connectivity index (χ0v) is 22.6. The van der Waals surface area contributed by atoms with Crippen molar-refractivity contribution in [2.24, 2.45) is 23.1 Å². The normalized spacial score (nSPS) is 46.5. The Morgan fingerprint density at radius 3 is 2.49 bits per heavy atom. The summed E-state index contributed by atoms with van der Waals surface area (Å²) in [7, 11) is 1.61. The Labute approximate surface area is 228 Å². The van der Waals surface area contributed by atoms with E-state index in [4.69, 9.17) is 36.1 Å². The Morgan fingerprint density at radius 2 is 1.82 bits per heavy atom. The lowest BCUT2D eigenvalue weighted by Crippen LogP contribution is -2.69. The van der Waals surface area contributed by atoms with Crippen LogP contribution in [0.1, 0.15) is 32.6 Å². The third-order valence-corrected chi connectivity index (χ3v) is 8.26. The van der Waals surface area contributed by atoms with Crippen LogP contribution < -0.4 is 33.2 Å². The van der Waals surface area contributed by atoms with Gasteiger partial charge in [0, 0.05) is 12.1 Å². The third-order valence-electron chi connectivity index (χ3n) is 8.26. The van der Waals surface area contributed by atoms with E-state index < -0.39 is 66.8 Å². The van der Waals surface area contributed by atoms with Crippen LogP contribution in [0.4, 0.5) is 0 Å². The number of hydrogen-bond acceptors (Lipinski definition) is 13. The molecule has 4 rings (SSSR count). The molecule has 39 heavy (non-hydrogen) atoms. The molecular formula is C25H46N6O8. The second-order valence-corrected chi connectivity index (χ2v) is 11.6. The molecule has 0 aromatic rings. The number of rotatable bonds is 11. The van der Waals surface area contributed by atoms with Crippen LogP contribution in [0.2, 0.25) is 0 Å². The number of ether oxygens (including phenoxy) is 4. The quantitative estimate of drug-likeness (QED) is 0.111. The van der Waals surface area contributed by atoms with Crippen molar-refractivity contribution in [1.29, 1.82) is 0 Å². The monoisotopic (exact) mass is 558 g/mol. The van der Waals surface area contributed by atoms with E-state index in [1.54, 1.807) is 7.05 Å². The van der Waals surface area contributed by atoms with Gasteiger partial charge in [0.1, 0.15) is 35.8 Å². The summed E-state index contributed by atoms with van der Waals surface area (Å²) in [6.45, 7) is 2.79. The van der Waals surface area contributed by atoms with E-state index in [2.05, 4.69) is 16.0 Å². The maximum absolute atomic E-state index is 11.4. The summed E-state index contributed by atoms with van der Waals surface area (Å²) < 4.78 is 23.8. The van der Waals surface area contributed by atoms with Gasteiger partial charge in [-0.25, -0.2) is 0 Å². The lowest BCUT2D eigenvalue weighted by Gasteiger charge is -2.48. The number of nitrogens with one attached hydrogen (secondary N) is 3. The second kappa shape index (κ2) is 13.0. The number of likely N-dealkylation sites (N-methyl/N-ethyl adjacent to an activating group) is 1. The van der Waals surface area contributed by atoms with Crippen LogP contribution >= 0.6 is 0 Å². The van der Waals surface area contributed by atoms with Gasteiger partial charge in [-0.2, -0.15) is 0 Å². The second-order valence-electron chi connectivity index (χ2n) is 11.6. The van der Waals surface area contributed by atoms with E-state index in [9.17, 15) is 20.1 Å². The molecule has 0 aromatic carbocycles. The number of aliphatic hydroxyl groups is 3. The number of nitrogens with two attached hydrogens (primary N) is 3. The molecule has 2 saturated carbocycles. The lowest BCUT2D eigenvalue weighted by atomic mass is 9.81. The molecule has 4 aliphatic rings. The molecule has 2 aliphatic heterocycles. The Kier molecular flexibility index (Phi) is 10.2. The summed E-state index contributed by atoms with van der Waals surface area (Å²) in [5.41, 5.74) is 17.2. The third kappa shape index (κ3) is 7.08. The summed E-state index contributed by atoms with van der Waals surface area (Å²) in [5.74, 6) is 1.27. The molecular weight excluding hydrogens is 512 g/mol. The van der Waals surface area contributed by atoms with Crippen LogP contribution in [0, 0.1) is 5.92 Å². The summed E-state index contributed by atoms with van der Waals surface area (Å²) in [6, 6.07) is -2.29. The molecule has 1 unspecified atom stereocenters. The molecule has 224 valence electrons. The van der Waals surface area contributed by atoms with Gasteiger partial charge < -0.3 is 67.4 Å². The molecule has 2 heterocycles. The highest BCUT2D eigenvalue weighted by Gasteiger charge is 2.51. The minimum atomic E-state index is -1.34. The van der Waals surface area contributed by atoms with Crippen molar-refractivity contribution in [3.63, 3.8) is 0 Å². The first-order chi connectivity index (χ1) is 18.5. The molecule has 12 N–H and O–H groups in total. The first kappa shape index (κ1) is 30.5. The molecule has 2 aliphatic carbocycles. The smallest absolute Gasteiger partial charge is 0.215 e. The average Bonchev–Trinajstić information content (AvgIpc) is 2.86. The van der Waals surface area contributed by atoms with Gasteiger partial charge in [-0.05, 0) is 58.2 Å². The van der Waals surface area contributed by atoms with Gasteiger partial charge >= 0.3 is 0 Å². The zero-order chi connectivity index (χ0) is 28.3. The van der Waals surface area contributed by atoms with Crippen molar-refractivity contribution in [3.05, 3.63) is 11.8 Å². The Bertz CT molecular complexity index is 845. The van der Waals surface area contributed by atoms with E-state index in [-0.39, 0.29) is 13.0 Å². The van der Waals surface area contributed by atoms with Crippen LogP contribution in [-0.4, -0.2) is 121 Å². The van der Waals surface area contributed by atoms with Crippen LogP contribution in [0.3, 0.4) is 0 Å². The zero-order valence-electron chi connectivity index (χ0n) is 22.6. The Morgan fingerprint density at radius 1 is 1.10 bits per heavy atom. The fraction of sp³-hybridized carbons (Fsp3) is 0.880. The minimum absolute atomic E-state index is 0.115. The molecule has 3 fully saturated rings. The fourth-order valence-electron chi connectivity index (χ4n) is 5.98. The van der Waals surface area contributed by atoms with Crippen LogP contribution in [0.15, 0.2) is 11.8 Å². The van der Waals surface area contributed by atoms with Crippen molar-refractivity contribution in [2.45, 2.75) is 105 Å². The van der Waals surface area contributed by atoms with Gasteiger partial charge in [0.25, 0.3) is 0 Å². The van der Waals surface area contributed by atoms with E-state index >= 15 is 0 Å². The lowest BCUT2D eigenvalue weighted by molar-refractivity contribution is -0.304. The van der Waals surface area contributed by atoms with E-state index in [1.165, 1.54) is 6.92 Å². The van der Waals surface area contributed by atoms with Crippen molar-refractivity contribution in [2.75, 3.05) is 26.7 Å². The maximum Gasteiger partial charge on any atom is 0.215 e. The summed E-state index contributed by atoms with van der Waals surface area (Å²) in [6.07, 6.45) is -1.40. The van der Waals surface area contributed by atoms with Crippen molar-refractivity contribution >= 4 is 6.41 Å². The topological polar surface area (TPSA) is 229 Å². The standard InChI is InChI=1S/C25H46N6O8/c1-25(35)10-36-24(19(34)22(25)29-2)39-21-17(31-11-32)7-16(28)20(18(21)33)38-23-15(27)4-3-14(37-23)9-30-8-12-5-13(26)6-12/h3,11-13,15-24,29-30,33-35H,4-10,26-28H2,1-2H3,(H,31,32)/t12?,13?,15-,16+,17-,18+,19-,20?,21+,22-,23-,24-,25+/m1/s1. The maximum atomic E-state index is 11.4. The van der Waals surface area contributed by atoms with Gasteiger partial charge in [-0.15, -0.1) is 0 Å². The van der Waals surface area contributed by atoms with Gasteiger partial charge in [0.05, 0.1) is 31.3 Å². The van der Waals surface area contributed by atoms with Crippen molar-refractivity contribution in [3.8, 4) is 0 Å². The number of aliphatic hydroxyl groups excluding tert-OH is 2. The molecule has 1 saturated heterocycles. The minimum Gasteiger partial charge on any atom is -0.467 e. The highest BCUT2D eigenvalue weighted by atomic mass is 16.7. The molecule has 11 atom stereocenters. The molecule has 1 amide bonds. The highest BCUT2D eigenvalue weighted by molar-refractivity contribution is 5.47. The largest absolute Gasteiger partial charge is 0.467 e. The molecule has 0 aromatic heterocycles. The van der Waals surface area contributed by atoms with Gasteiger partial charge in [0.15, 0.2) is 6.29 Å². The number of hydrogen-bond donors (Lipinski definition) is 9. The average molecular weight is 559 g/mol. The van der Waals surface area contributed by atoms with Gasteiger partial charge in [-0.1, -0.05) is 0 Å². The molecule has 0 radical (unpaired) electrons. The summed E-state index contributed by atoms with van der Waals surface area (Å²) in [5, 5.41) is 41.6. The predicted octanol–water partition coefficient (Wildman–Crippen LogP) is -3.70. The fourth-order valence-corrected chi connectivity index (χ4v) is 5.98. The molecule has 0 spiro atoms. The van der Waals surface area contributed by atoms with E-state index in [1.807, 2.05) is 6.08 Å². The predicted molar refractivity (Wildman–Crippen MR) is 140 cm³/mol. The number of amides is 1. The SMILES string of the molecule is CN[C@@H]1[C@@H](O)[C@@H](O[C@H]2[C@H](NC=O)C[C@H](N)C(O[C@H]3OC(CNCC4CC(N)C4)=CC[C@H]3N)[C@@H]2O)OC[C@]1(C)O. The van der Waals surface area contributed by atoms with E-state index in [0.29, 0.717) is 37.1 Å². The number of carbonyl (C=O) groups is 1. The van der Waals surface area contributed by atoms with Crippen molar-refractivity contribution < 1.29 is 39.1 Å². The Hall–Kier alpha value is -1.43. The van der Waals surface area contributed by atoms with Crippen LogP contribution in [0.5, 0.6) is 0 Å². The van der Waals surface area contributed by atoms with Crippen LogP contribution in [0.25, 0.3) is 0 Å². The van der Waals surface area contributed by atoms with Crippen LogP contribution in [-0.2, 0) is 23.7 Å². The van der Waals surface area contributed by atoms with E-state index in [0.717, 1.165) is 19.4 Å². The Balaban J connectivity index is 1.39.